The van der Waals surface area contributed by atoms with Crippen molar-refractivity contribution in [3.05, 3.63) is 170 Å². The molecule has 0 aliphatic heterocycles. The minimum atomic E-state index is 0.775. The maximum absolute atomic E-state index is 6.65. The Labute approximate surface area is 277 Å². The summed E-state index contributed by atoms with van der Waals surface area (Å²) in [5.41, 5.74) is 10.7. The van der Waals surface area contributed by atoms with Crippen LogP contribution in [0.5, 0.6) is 0 Å². The molecule has 8 aromatic carbocycles. The van der Waals surface area contributed by atoms with E-state index in [2.05, 4.69) is 152 Å². The fraction of sp³-hybridized carbons (Fsp3) is 0. The third-order valence-corrected chi connectivity index (χ3v) is 9.69. The van der Waals surface area contributed by atoms with Crippen molar-refractivity contribution >= 4 is 54.5 Å². The Bertz CT molecular complexity index is 2750. The van der Waals surface area contributed by atoms with Gasteiger partial charge in [-0.2, -0.15) is 0 Å². The molecule has 0 N–H and O–H groups in total. The van der Waals surface area contributed by atoms with E-state index in [-0.39, 0.29) is 0 Å². The molecule has 0 radical (unpaired) electrons. The highest BCUT2D eigenvalue weighted by atomic mass is 16.4. The molecule has 224 valence electrons. The molecule has 2 aromatic heterocycles. The molecule has 0 atom stereocenters. The van der Waals surface area contributed by atoms with Crippen LogP contribution < -0.4 is 0 Å². The minimum absolute atomic E-state index is 0.775. The smallest absolute Gasteiger partial charge is 0.178 e. The zero-order valence-electron chi connectivity index (χ0n) is 26.0. The summed E-state index contributed by atoms with van der Waals surface area (Å²) in [6, 6.07) is 60.3. The van der Waals surface area contributed by atoms with E-state index >= 15 is 0 Å². The van der Waals surface area contributed by atoms with E-state index in [1.165, 1.54) is 49.4 Å². The van der Waals surface area contributed by atoms with Gasteiger partial charge >= 0.3 is 0 Å². The molecule has 0 aliphatic carbocycles. The van der Waals surface area contributed by atoms with Crippen molar-refractivity contribution in [3.8, 4) is 44.7 Å². The zero-order chi connectivity index (χ0) is 31.6. The van der Waals surface area contributed by atoms with E-state index in [9.17, 15) is 0 Å². The van der Waals surface area contributed by atoms with E-state index in [0.717, 1.165) is 49.8 Å². The second-order valence-electron chi connectivity index (χ2n) is 12.4. The van der Waals surface area contributed by atoms with Crippen molar-refractivity contribution in [2.75, 3.05) is 0 Å². The lowest BCUT2D eigenvalue weighted by molar-refractivity contribution is 0.611. The molecule has 0 fully saturated rings. The summed E-state index contributed by atoms with van der Waals surface area (Å²) in [5, 5.41) is 8.06. The predicted octanol–water partition coefficient (Wildman–Crippen LogP) is 13.3. The number of fused-ring (bicyclic) bond motifs is 7. The van der Waals surface area contributed by atoms with Gasteiger partial charge in [-0.1, -0.05) is 152 Å². The summed E-state index contributed by atoms with van der Waals surface area (Å²) < 4.78 is 13.1. The average Bonchev–Trinajstić information content (AvgIpc) is 3.77. The molecule has 0 aliphatic rings. The fourth-order valence-corrected chi connectivity index (χ4v) is 7.52. The van der Waals surface area contributed by atoms with E-state index in [4.69, 9.17) is 8.83 Å². The summed E-state index contributed by atoms with van der Waals surface area (Å²) in [7, 11) is 0. The van der Waals surface area contributed by atoms with E-state index in [1.54, 1.807) is 0 Å². The summed E-state index contributed by atoms with van der Waals surface area (Å²) >= 11 is 0. The van der Waals surface area contributed by atoms with Gasteiger partial charge < -0.3 is 8.83 Å². The molecule has 48 heavy (non-hydrogen) atoms. The molecular weight excluding hydrogens is 585 g/mol. The first-order chi connectivity index (χ1) is 23.8. The first-order valence-corrected chi connectivity index (χ1v) is 16.3. The molecule has 0 unspecified atom stereocenters. The van der Waals surface area contributed by atoms with Gasteiger partial charge in [-0.25, -0.2) is 0 Å². The Hall–Kier alpha value is -6.38. The average molecular weight is 613 g/mol. The first-order valence-electron chi connectivity index (χ1n) is 16.3. The maximum Gasteiger partial charge on any atom is 0.178 e. The maximum atomic E-state index is 6.65. The van der Waals surface area contributed by atoms with Crippen molar-refractivity contribution in [2.45, 2.75) is 0 Å². The summed E-state index contributed by atoms with van der Waals surface area (Å²) in [4.78, 5) is 0. The van der Waals surface area contributed by atoms with Gasteiger partial charge in [0, 0.05) is 21.7 Å². The van der Waals surface area contributed by atoms with Crippen LogP contribution in [-0.4, -0.2) is 0 Å². The van der Waals surface area contributed by atoms with Crippen LogP contribution in [0, 0.1) is 0 Å². The largest absolute Gasteiger partial charge is 0.452 e. The number of rotatable bonds is 4. The van der Waals surface area contributed by atoms with Crippen LogP contribution in [0.25, 0.3) is 99.2 Å². The first kappa shape index (κ1) is 26.8. The van der Waals surface area contributed by atoms with E-state index in [0.29, 0.717) is 0 Å². The van der Waals surface area contributed by atoms with Crippen molar-refractivity contribution in [2.24, 2.45) is 0 Å². The van der Waals surface area contributed by atoms with Gasteiger partial charge in [-0.3, -0.25) is 0 Å². The second-order valence-corrected chi connectivity index (χ2v) is 12.4. The molecule has 0 amide bonds. The molecule has 2 nitrogen and oxygen atoms in total. The van der Waals surface area contributed by atoms with Gasteiger partial charge in [0.2, 0.25) is 0 Å². The van der Waals surface area contributed by atoms with Crippen LogP contribution in [0.15, 0.2) is 179 Å². The number of furan rings is 2. The second kappa shape index (κ2) is 10.6. The molecule has 0 spiro atoms. The summed E-state index contributed by atoms with van der Waals surface area (Å²) in [6.45, 7) is 0. The molecule has 0 saturated heterocycles. The molecule has 10 rings (SSSR count). The van der Waals surface area contributed by atoms with Gasteiger partial charge in [0.1, 0.15) is 11.3 Å². The molecule has 10 aromatic rings. The third kappa shape index (κ3) is 4.06. The van der Waals surface area contributed by atoms with Gasteiger partial charge in [-0.05, 0) is 73.1 Å². The Balaban J connectivity index is 1.23. The highest BCUT2D eigenvalue weighted by Gasteiger charge is 2.22. The molecule has 0 bridgehead atoms. The predicted molar refractivity (Wildman–Crippen MR) is 200 cm³/mol. The van der Waals surface area contributed by atoms with Gasteiger partial charge in [0.05, 0.1) is 0 Å². The Morgan fingerprint density at radius 1 is 0.333 bits per heavy atom. The lowest BCUT2D eigenvalue weighted by atomic mass is 9.84. The van der Waals surface area contributed by atoms with Crippen molar-refractivity contribution in [1.82, 2.24) is 0 Å². The topological polar surface area (TPSA) is 26.3 Å². The third-order valence-electron chi connectivity index (χ3n) is 9.69. The Morgan fingerprint density at radius 2 is 0.896 bits per heavy atom. The van der Waals surface area contributed by atoms with Crippen LogP contribution in [-0.2, 0) is 0 Å². The van der Waals surface area contributed by atoms with Gasteiger partial charge in [-0.15, -0.1) is 0 Å². The number of hydrogen-bond acceptors (Lipinski definition) is 2. The molecule has 2 heterocycles. The van der Waals surface area contributed by atoms with Crippen LogP contribution >= 0.6 is 0 Å². The van der Waals surface area contributed by atoms with Crippen LogP contribution in [0.3, 0.4) is 0 Å². The quantitative estimate of drug-likeness (QED) is 0.185. The minimum Gasteiger partial charge on any atom is -0.452 e. The van der Waals surface area contributed by atoms with Crippen molar-refractivity contribution in [3.63, 3.8) is 0 Å². The highest BCUT2D eigenvalue weighted by Crippen LogP contribution is 2.48. The molecule has 0 saturated carbocycles. The monoisotopic (exact) mass is 612 g/mol. The fourth-order valence-electron chi connectivity index (χ4n) is 7.52. The summed E-state index contributed by atoms with van der Waals surface area (Å²) in [5.74, 6) is 0.836. The Kier molecular flexibility index (Phi) is 5.91. The number of benzene rings is 8. The molecular formula is C46H28O2. The lowest BCUT2D eigenvalue weighted by Gasteiger charge is -2.18. The van der Waals surface area contributed by atoms with Gasteiger partial charge in [0.15, 0.2) is 11.2 Å². The standard InChI is InChI=1S/C46H28O2/c1-3-12-29(13-4-1)30-22-24-32(25-23-30)42-34-16-7-9-18-36(34)43(37-19-10-8-17-35(37)42)38-20-11-21-40-44(38)39-27-26-33-28-41(31-14-5-2-6-15-31)48-45(33)46(39)47-40/h1-28H. The van der Waals surface area contributed by atoms with Crippen LogP contribution in [0.4, 0.5) is 0 Å². The highest BCUT2D eigenvalue weighted by molar-refractivity contribution is 6.26. The van der Waals surface area contributed by atoms with Crippen LogP contribution in [0.2, 0.25) is 0 Å². The van der Waals surface area contributed by atoms with Crippen LogP contribution in [0.1, 0.15) is 0 Å². The van der Waals surface area contributed by atoms with Crippen molar-refractivity contribution in [1.29, 1.82) is 0 Å². The lowest BCUT2D eigenvalue weighted by Crippen LogP contribution is -1.91. The van der Waals surface area contributed by atoms with E-state index < -0.39 is 0 Å². The van der Waals surface area contributed by atoms with Gasteiger partial charge in [0.25, 0.3) is 0 Å². The van der Waals surface area contributed by atoms with E-state index in [1.807, 2.05) is 18.2 Å². The zero-order valence-corrected chi connectivity index (χ0v) is 26.0. The summed E-state index contributed by atoms with van der Waals surface area (Å²) in [6.07, 6.45) is 0. The normalized spacial score (nSPS) is 11.8. The molecule has 2 heteroatoms. The SMILES string of the molecule is c1ccc(-c2ccc(-c3c4ccccc4c(-c4cccc5oc6c(ccc7cc(-c8ccccc8)oc76)c45)c4ccccc34)cc2)cc1. The Morgan fingerprint density at radius 3 is 1.56 bits per heavy atom. The van der Waals surface area contributed by atoms with Crippen molar-refractivity contribution < 1.29 is 8.83 Å². The number of hydrogen-bond donors (Lipinski definition) is 0.